The van der Waals surface area contributed by atoms with E-state index in [9.17, 15) is 17.2 Å². The fraction of sp³-hybridized carbons (Fsp3) is 0.500. The molecule has 2 N–H and O–H groups in total. The van der Waals surface area contributed by atoms with Crippen molar-refractivity contribution in [3.63, 3.8) is 0 Å². The lowest BCUT2D eigenvalue weighted by Crippen LogP contribution is -2.34. The fourth-order valence-corrected chi connectivity index (χ4v) is 2.50. The van der Waals surface area contributed by atoms with Crippen LogP contribution in [0, 0.1) is 11.6 Å². The highest BCUT2D eigenvalue weighted by molar-refractivity contribution is 7.90. The van der Waals surface area contributed by atoms with Gasteiger partial charge in [0, 0.05) is 19.7 Å². The number of benzene rings is 1. The van der Waals surface area contributed by atoms with Crippen molar-refractivity contribution in [2.24, 2.45) is 0 Å². The lowest BCUT2D eigenvalue weighted by molar-refractivity contribution is 0.459. The minimum Gasteiger partial charge on any atom is -0.317 e. The van der Waals surface area contributed by atoms with E-state index in [1.807, 2.05) is 6.92 Å². The average Bonchev–Trinajstić information content (AvgIpc) is 2.32. The number of halogens is 2. The van der Waals surface area contributed by atoms with Crippen LogP contribution in [-0.2, 0) is 10.2 Å². The molecule has 0 fully saturated rings. The van der Waals surface area contributed by atoms with Gasteiger partial charge in [0.25, 0.3) is 0 Å². The predicted octanol–water partition coefficient (Wildman–Crippen LogP) is 1.55. The molecule has 0 saturated heterocycles. The number of hydrogen-bond acceptors (Lipinski definition) is 3. The number of anilines is 1. The van der Waals surface area contributed by atoms with Crippen LogP contribution >= 0.6 is 0 Å². The van der Waals surface area contributed by atoms with Crippen LogP contribution in [0.15, 0.2) is 18.2 Å². The van der Waals surface area contributed by atoms with Crippen LogP contribution in [-0.4, -0.2) is 39.4 Å². The van der Waals surface area contributed by atoms with Gasteiger partial charge in [-0.15, -0.1) is 0 Å². The van der Waals surface area contributed by atoms with Gasteiger partial charge >= 0.3 is 10.2 Å². The zero-order valence-corrected chi connectivity index (χ0v) is 12.3. The highest BCUT2D eigenvalue weighted by Crippen LogP contribution is 2.15. The van der Waals surface area contributed by atoms with Crippen LogP contribution in [0.2, 0.25) is 0 Å². The second kappa shape index (κ2) is 7.51. The van der Waals surface area contributed by atoms with Gasteiger partial charge in [-0.05, 0) is 31.6 Å². The summed E-state index contributed by atoms with van der Waals surface area (Å²) in [7, 11) is -2.41. The maximum atomic E-state index is 13.0. The maximum Gasteiger partial charge on any atom is 0.301 e. The molecule has 0 saturated carbocycles. The number of nitrogens with one attached hydrogen (secondary N) is 2. The summed E-state index contributed by atoms with van der Waals surface area (Å²) in [6.45, 7) is 3.78. The molecule has 1 aromatic rings. The van der Waals surface area contributed by atoms with Crippen LogP contribution < -0.4 is 10.0 Å². The van der Waals surface area contributed by atoms with Gasteiger partial charge in [-0.3, -0.25) is 4.72 Å². The summed E-state index contributed by atoms with van der Waals surface area (Å²) in [6.07, 6.45) is 0.642. The Labute approximate surface area is 118 Å². The molecule has 0 heterocycles. The SMILES string of the molecule is CCNCCCN(C)S(=O)(=O)Nc1cc(F)cc(F)c1. The summed E-state index contributed by atoms with van der Waals surface area (Å²) in [5.41, 5.74) is -0.138. The molecule has 20 heavy (non-hydrogen) atoms. The van der Waals surface area contributed by atoms with Gasteiger partial charge in [-0.1, -0.05) is 6.92 Å². The van der Waals surface area contributed by atoms with Crippen LogP contribution in [0.1, 0.15) is 13.3 Å². The molecule has 0 aliphatic carbocycles. The molecule has 0 aromatic heterocycles. The lowest BCUT2D eigenvalue weighted by atomic mass is 10.3. The van der Waals surface area contributed by atoms with Crippen molar-refractivity contribution in [2.45, 2.75) is 13.3 Å². The molecule has 1 rings (SSSR count). The molecule has 114 valence electrons. The highest BCUT2D eigenvalue weighted by Gasteiger charge is 2.17. The molecule has 0 aliphatic rings. The smallest absolute Gasteiger partial charge is 0.301 e. The van der Waals surface area contributed by atoms with Crippen molar-refractivity contribution in [3.8, 4) is 0 Å². The number of rotatable bonds is 8. The molecule has 0 radical (unpaired) electrons. The summed E-state index contributed by atoms with van der Waals surface area (Å²) >= 11 is 0. The van der Waals surface area contributed by atoms with E-state index >= 15 is 0 Å². The van der Waals surface area contributed by atoms with Gasteiger partial charge < -0.3 is 5.32 Å². The largest absolute Gasteiger partial charge is 0.317 e. The molecule has 0 bridgehead atoms. The van der Waals surface area contributed by atoms with Crippen molar-refractivity contribution in [1.82, 2.24) is 9.62 Å². The van der Waals surface area contributed by atoms with E-state index in [4.69, 9.17) is 0 Å². The first-order valence-electron chi connectivity index (χ1n) is 6.26. The first-order chi connectivity index (χ1) is 9.35. The van der Waals surface area contributed by atoms with Crippen molar-refractivity contribution >= 4 is 15.9 Å². The third-order valence-corrected chi connectivity index (χ3v) is 4.09. The molecule has 5 nitrogen and oxygen atoms in total. The Morgan fingerprint density at radius 3 is 2.35 bits per heavy atom. The Morgan fingerprint density at radius 2 is 1.80 bits per heavy atom. The number of hydrogen-bond donors (Lipinski definition) is 2. The number of nitrogens with zero attached hydrogens (tertiary/aromatic N) is 1. The Hall–Kier alpha value is -1.25. The van der Waals surface area contributed by atoms with Crippen molar-refractivity contribution in [3.05, 3.63) is 29.8 Å². The van der Waals surface area contributed by atoms with E-state index in [-0.39, 0.29) is 5.69 Å². The van der Waals surface area contributed by atoms with Crippen LogP contribution in [0.25, 0.3) is 0 Å². The third kappa shape index (κ3) is 5.40. The van der Waals surface area contributed by atoms with Gasteiger partial charge in [0.15, 0.2) is 0 Å². The molecular weight excluding hydrogens is 288 g/mol. The van der Waals surface area contributed by atoms with E-state index in [1.54, 1.807) is 0 Å². The molecule has 0 amide bonds. The first kappa shape index (κ1) is 16.8. The van der Waals surface area contributed by atoms with Gasteiger partial charge in [0.05, 0.1) is 5.69 Å². The summed E-state index contributed by atoms with van der Waals surface area (Å²) in [6, 6.07) is 2.53. The van der Waals surface area contributed by atoms with E-state index < -0.39 is 21.8 Å². The molecule has 0 unspecified atom stereocenters. The van der Waals surface area contributed by atoms with Crippen molar-refractivity contribution in [2.75, 3.05) is 31.4 Å². The average molecular weight is 307 g/mol. The predicted molar refractivity (Wildman–Crippen MR) is 74.7 cm³/mol. The lowest BCUT2D eigenvalue weighted by Gasteiger charge is -2.18. The van der Waals surface area contributed by atoms with E-state index in [0.29, 0.717) is 25.6 Å². The normalized spacial score (nSPS) is 11.8. The van der Waals surface area contributed by atoms with Crippen LogP contribution in [0.5, 0.6) is 0 Å². The van der Waals surface area contributed by atoms with E-state index in [0.717, 1.165) is 23.0 Å². The van der Waals surface area contributed by atoms with Crippen molar-refractivity contribution in [1.29, 1.82) is 0 Å². The molecule has 0 atom stereocenters. The standard InChI is InChI=1S/C12H19F2N3O2S/c1-3-15-5-4-6-17(2)20(18,19)16-12-8-10(13)7-11(14)9-12/h7-9,15-16H,3-6H2,1-2H3. The second-order valence-electron chi connectivity index (χ2n) is 4.29. The van der Waals surface area contributed by atoms with Crippen LogP contribution in [0.4, 0.5) is 14.5 Å². The Morgan fingerprint density at radius 1 is 1.20 bits per heavy atom. The maximum absolute atomic E-state index is 13.0. The second-order valence-corrected chi connectivity index (χ2v) is 6.07. The first-order valence-corrected chi connectivity index (χ1v) is 7.70. The fourth-order valence-electron chi connectivity index (χ4n) is 1.56. The van der Waals surface area contributed by atoms with Crippen molar-refractivity contribution < 1.29 is 17.2 Å². The monoisotopic (exact) mass is 307 g/mol. The Bertz CT molecular complexity index is 517. The van der Waals surface area contributed by atoms with Gasteiger partial charge in [0.1, 0.15) is 11.6 Å². The molecule has 8 heteroatoms. The van der Waals surface area contributed by atoms with Gasteiger partial charge in [0.2, 0.25) is 0 Å². The van der Waals surface area contributed by atoms with Crippen LogP contribution in [0.3, 0.4) is 0 Å². The topological polar surface area (TPSA) is 61.4 Å². The highest BCUT2D eigenvalue weighted by atomic mass is 32.2. The third-order valence-electron chi connectivity index (χ3n) is 2.60. The zero-order valence-electron chi connectivity index (χ0n) is 11.5. The van der Waals surface area contributed by atoms with E-state index in [2.05, 4.69) is 10.0 Å². The zero-order chi connectivity index (χ0) is 15.2. The summed E-state index contributed by atoms with van der Waals surface area (Å²) in [4.78, 5) is 0. The minimum atomic E-state index is -3.81. The molecular formula is C12H19F2N3O2S. The van der Waals surface area contributed by atoms with Gasteiger partial charge in [-0.2, -0.15) is 12.7 Å². The Kier molecular flexibility index (Phi) is 6.31. The molecule has 0 aliphatic heterocycles. The summed E-state index contributed by atoms with van der Waals surface area (Å²) in [5, 5.41) is 3.08. The Balaban J connectivity index is 2.64. The molecule has 1 aromatic carbocycles. The molecule has 0 spiro atoms. The quantitative estimate of drug-likeness (QED) is 0.716. The van der Waals surface area contributed by atoms with Gasteiger partial charge in [-0.25, -0.2) is 8.78 Å². The summed E-state index contributed by atoms with van der Waals surface area (Å²) in [5.74, 6) is -1.67. The summed E-state index contributed by atoms with van der Waals surface area (Å²) < 4.78 is 53.1. The van der Waals surface area contributed by atoms with E-state index in [1.165, 1.54) is 7.05 Å². The minimum absolute atomic E-state index is 0.138.